The minimum absolute atomic E-state index is 0.0135. The molecular weight excluding hydrogens is 240 g/mol. The predicted octanol–water partition coefficient (Wildman–Crippen LogP) is 2.20. The second-order valence-electron chi connectivity index (χ2n) is 5.54. The van der Waals surface area contributed by atoms with Gasteiger partial charge in [0.15, 0.2) is 0 Å². The van der Waals surface area contributed by atoms with Crippen molar-refractivity contribution in [1.29, 1.82) is 0 Å². The Morgan fingerprint density at radius 3 is 2.26 bits per heavy atom. The molecule has 4 heteroatoms. The SMILES string of the molecule is CN(C(=O)CCNC(=O)C(C)(C)C)c1ccccc1. The number of hydrogen-bond donors (Lipinski definition) is 1. The first-order chi connectivity index (χ1) is 8.82. The molecule has 0 saturated carbocycles. The summed E-state index contributed by atoms with van der Waals surface area (Å²) in [5.41, 5.74) is 0.434. The monoisotopic (exact) mass is 262 g/mol. The summed E-state index contributed by atoms with van der Waals surface area (Å²) in [7, 11) is 1.74. The molecule has 0 unspecified atom stereocenters. The van der Waals surface area contributed by atoms with Gasteiger partial charge in [0.25, 0.3) is 0 Å². The second kappa shape index (κ2) is 6.36. The summed E-state index contributed by atoms with van der Waals surface area (Å²) in [5, 5.41) is 2.77. The van der Waals surface area contributed by atoms with Crippen LogP contribution in [0.25, 0.3) is 0 Å². The molecule has 0 radical (unpaired) electrons. The molecule has 1 aromatic carbocycles. The third-order valence-corrected chi connectivity index (χ3v) is 2.82. The molecule has 2 amide bonds. The molecule has 0 aromatic heterocycles. The van der Waals surface area contributed by atoms with Crippen molar-refractivity contribution in [2.75, 3.05) is 18.5 Å². The molecule has 0 heterocycles. The van der Waals surface area contributed by atoms with Crippen molar-refractivity contribution < 1.29 is 9.59 Å². The highest BCUT2D eigenvalue weighted by Gasteiger charge is 2.21. The lowest BCUT2D eigenvalue weighted by molar-refractivity contribution is -0.128. The number of nitrogens with zero attached hydrogens (tertiary/aromatic N) is 1. The van der Waals surface area contributed by atoms with Crippen LogP contribution in [-0.2, 0) is 9.59 Å². The summed E-state index contributed by atoms with van der Waals surface area (Å²) in [6.45, 7) is 5.91. The van der Waals surface area contributed by atoms with Gasteiger partial charge >= 0.3 is 0 Å². The maximum absolute atomic E-state index is 11.9. The number of nitrogens with one attached hydrogen (secondary N) is 1. The molecule has 0 saturated heterocycles. The number of carbonyl (C=O) groups excluding carboxylic acids is 2. The number of para-hydroxylation sites is 1. The fraction of sp³-hybridized carbons (Fsp3) is 0.467. The van der Waals surface area contributed by atoms with Gasteiger partial charge in [-0.05, 0) is 12.1 Å². The van der Waals surface area contributed by atoms with Crippen LogP contribution in [-0.4, -0.2) is 25.4 Å². The minimum Gasteiger partial charge on any atom is -0.355 e. The fourth-order valence-electron chi connectivity index (χ4n) is 1.51. The molecular formula is C15H22N2O2. The molecule has 1 rings (SSSR count). The first-order valence-electron chi connectivity index (χ1n) is 6.42. The number of benzene rings is 1. The lowest BCUT2D eigenvalue weighted by Crippen LogP contribution is -2.37. The van der Waals surface area contributed by atoms with Crippen LogP contribution in [0.3, 0.4) is 0 Å². The topological polar surface area (TPSA) is 49.4 Å². The van der Waals surface area contributed by atoms with E-state index >= 15 is 0 Å². The predicted molar refractivity (Wildman–Crippen MR) is 76.9 cm³/mol. The molecule has 19 heavy (non-hydrogen) atoms. The third-order valence-electron chi connectivity index (χ3n) is 2.82. The van der Waals surface area contributed by atoms with E-state index in [1.54, 1.807) is 11.9 Å². The Morgan fingerprint density at radius 2 is 1.74 bits per heavy atom. The lowest BCUT2D eigenvalue weighted by atomic mass is 9.96. The van der Waals surface area contributed by atoms with Crippen LogP contribution in [0.4, 0.5) is 5.69 Å². The van der Waals surface area contributed by atoms with Gasteiger partial charge in [-0.3, -0.25) is 9.59 Å². The molecule has 0 aliphatic carbocycles. The Labute approximate surface area is 114 Å². The van der Waals surface area contributed by atoms with Crippen LogP contribution in [0.5, 0.6) is 0 Å². The lowest BCUT2D eigenvalue weighted by Gasteiger charge is -2.19. The summed E-state index contributed by atoms with van der Waals surface area (Å²) in [5.74, 6) is -0.0527. The number of amides is 2. The van der Waals surface area contributed by atoms with Gasteiger partial charge in [-0.1, -0.05) is 39.0 Å². The highest BCUT2D eigenvalue weighted by Crippen LogP contribution is 2.13. The van der Waals surface area contributed by atoms with Gasteiger partial charge in [0.1, 0.15) is 0 Å². The average Bonchev–Trinajstić information content (AvgIpc) is 2.37. The van der Waals surface area contributed by atoms with Crippen LogP contribution >= 0.6 is 0 Å². The number of hydrogen-bond acceptors (Lipinski definition) is 2. The zero-order valence-electron chi connectivity index (χ0n) is 12.1. The standard InChI is InChI=1S/C15H22N2O2/c1-15(2,3)14(19)16-11-10-13(18)17(4)12-8-6-5-7-9-12/h5-9H,10-11H2,1-4H3,(H,16,19). The van der Waals surface area contributed by atoms with Crippen LogP contribution < -0.4 is 10.2 Å². The van der Waals surface area contributed by atoms with Crippen molar-refractivity contribution in [1.82, 2.24) is 5.32 Å². The molecule has 0 atom stereocenters. The Balaban J connectivity index is 2.42. The number of rotatable bonds is 4. The third kappa shape index (κ3) is 4.73. The van der Waals surface area contributed by atoms with Crippen LogP contribution in [0.15, 0.2) is 30.3 Å². The molecule has 0 fully saturated rings. The van der Waals surface area contributed by atoms with Gasteiger partial charge in [-0.15, -0.1) is 0 Å². The van der Waals surface area contributed by atoms with Crippen molar-refractivity contribution >= 4 is 17.5 Å². The molecule has 4 nitrogen and oxygen atoms in total. The summed E-state index contributed by atoms with van der Waals surface area (Å²) in [4.78, 5) is 25.2. The van der Waals surface area contributed by atoms with E-state index < -0.39 is 5.41 Å². The van der Waals surface area contributed by atoms with Crippen molar-refractivity contribution in [3.63, 3.8) is 0 Å². The zero-order chi connectivity index (χ0) is 14.5. The molecule has 1 aromatic rings. The first kappa shape index (κ1) is 15.2. The molecule has 0 spiro atoms. The highest BCUT2D eigenvalue weighted by molar-refractivity contribution is 5.93. The highest BCUT2D eigenvalue weighted by atomic mass is 16.2. The van der Waals surface area contributed by atoms with E-state index in [4.69, 9.17) is 0 Å². The summed E-state index contributed by atoms with van der Waals surface area (Å²) in [6, 6.07) is 9.45. The second-order valence-corrected chi connectivity index (χ2v) is 5.54. The minimum atomic E-state index is -0.422. The summed E-state index contributed by atoms with van der Waals surface area (Å²) >= 11 is 0. The zero-order valence-corrected chi connectivity index (χ0v) is 12.1. The molecule has 0 aliphatic rings. The first-order valence-corrected chi connectivity index (χ1v) is 6.42. The van der Waals surface area contributed by atoms with Crippen LogP contribution in [0.2, 0.25) is 0 Å². The smallest absolute Gasteiger partial charge is 0.228 e. The van der Waals surface area contributed by atoms with Crippen molar-refractivity contribution in [2.45, 2.75) is 27.2 Å². The Morgan fingerprint density at radius 1 is 1.16 bits per heavy atom. The van der Waals surface area contributed by atoms with E-state index in [0.717, 1.165) is 5.69 Å². The molecule has 104 valence electrons. The van der Waals surface area contributed by atoms with Gasteiger partial charge < -0.3 is 10.2 Å². The van der Waals surface area contributed by atoms with E-state index in [1.165, 1.54) is 0 Å². The Hall–Kier alpha value is -1.84. The molecule has 0 bridgehead atoms. The molecule has 0 aliphatic heterocycles. The van der Waals surface area contributed by atoms with E-state index in [2.05, 4.69) is 5.32 Å². The van der Waals surface area contributed by atoms with Gasteiger partial charge in [-0.2, -0.15) is 0 Å². The average molecular weight is 262 g/mol. The number of anilines is 1. The van der Waals surface area contributed by atoms with E-state index in [0.29, 0.717) is 13.0 Å². The van der Waals surface area contributed by atoms with E-state index in [1.807, 2.05) is 51.1 Å². The molecule has 1 N–H and O–H groups in total. The maximum Gasteiger partial charge on any atom is 0.228 e. The Bertz CT molecular complexity index is 435. The quantitative estimate of drug-likeness (QED) is 0.904. The Kier molecular flexibility index (Phi) is 5.10. The van der Waals surface area contributed by atoms with Gasteiger partial charge in [0.2, 0.25) is 11.8 Å². The summed E-state index contributed by atoms with van der Waals surface area (Å²) in [6.07, 6.45) is 0.299. The largest absolute Gasteiger partial charge is 0.355 e. The maximum atomic E-state index is 11.9. The van der Waals surface area contributed by atoms with Crippen LogP contribution in [0.1, 0.15) is 27.2 Å². The number of carbonyl (C=O) groups is 2. The van der Waals surface area contributed by atoms with Crippen molar-refractivity contribution in [3.8, 4) is 0 Å². The van der Waals surface area contributed by atoms with Gasteiger partial charge in [-0.25, -0.2) is 0 Å². The van der Waals surface area contributed by atoms with Gasteiger partial charge in [0.05, 0.1) is 0 Å². The normalized spacial score (nSPS) is 10.9. The van der Waals surface area contributed by atoms with Gasteiger partial charge in [0, 0.05) is 31.1 Å². The fourth-order valence-corrected chi connectivity index (χ4v) is 1.51. The van der Waals surface area contributed by atoms with E-state index in [-0.39, 0.29) is 11.8 Å². The van der Waals surface area contributed by atoms with Crippen LogP contribution in [0, 0.1) is 5.41 Å². The van der Waals surface area contributed by atoms with E-state index in [9.17, 15) is 9.59 Å². The summed E-state index contributed by atoms with van der Waals surface area (Å²) < 4.78 is 0. The van der Waals surface area contributed by atoms with Crippen molar-refractivity contribution in [2.24, 2.45) is 5.41 Å². The van der Waals surface area contributed by atoms with Crippen molar-refractivity contribution in [3.05, 3.63) is 30.3 Å².